The molecule has 0 aromatic carbocycles. The highest BCUT2D eigenvalue weighted by Crippen LogP contribution is 2.41. The molecular weight excluding hydrogens is 274 g/mol. The van der Waals surface area contributed by atoms with E-state index >= 15 is 0 Å². The highest BCUT2D eigenvalue weighted by Gasteiger charge is 2.09. The lowest BCUT2D eigenvalue weighted by atomic mass is 10.4. The van der Waals surface area contributed by atoms with Crippen LogP contribution in [0, 0.1) is 0 Å². The van der Waals surface area contributed by atoms with Gasteiger partial charge in [-0.2, -0.15) is 0 Å². The van der Waals surface area contributed by atoms with Gasteiger partial charge in [0.2, 0.25) is 0 Å². The van der Waals surface area contributed by atoms with Crippen LogP contribution in [0.2, 0.25) is 0 Å². The van der Waals surface area contributed by atoms with E-state index in [1.807, 2.05) is 28.2 Å². The Bertz CT molecular complexity index is 646. The average Bonchev–Trinajstić information content (AvgIpc) is 2.94. The first-order chi connectivity index (χ1) is 7.90. The van der Waals surface area contributed by atoms with E-state index in [1.54, 1.807) is 22.7 Å². The summed E-state index contributed by atoms with van der Waals surface area (Å²) in [6, 6.07) is 6.75. The summed E-state index contributed by atoms with van der Waals surface area (Å²) in [5.74, 6) is 0. The molecule has 0 bridgehead atoms. The maximum Gasteiger partial charge on any atom is 0.134 e. The fourth-order valence-corrected chi connectivity index (χ4v) is 5.78. The summed E-state index contributed by atoms with van der Waals surface area (Å²) in [5, 5.41) is 2.15. The lowest BCUT2D eigenvalue weighted by Crippen LogP contribution is -1.57. The maximum absolute atomic E-state index is 4.35. The van der Waals surface area contributed by atoms with E-state index in [0.717, 1.165) is 4.83 Å². The normalized spacial score (nSPS) is 11.8. The van der Waals surface area contributed by atoms with Crippen LogP contribution in [0.4, 0.5) is 0 Å². The van der Waals surface area contributed by atoms with Gasteiger partial charge in [0.05, 0.1) is 10.2 Å². The van der Waals surface area contributed by atoms with Crippen molar-refractivity contribution in [3.63, 3.8) is 0 Å². The van der Waals surface area contributed by atoms with Crippen LogP contribution in [-0.4, -0.2) is 4.98 Å². The van der Waals surface area contributed by atoms with Gasteiger partial charge in [0, 0.05) is 19.2 Å². The van der Waals surface area contributed by atoms with E-state index < -0.39 is 0 Å². The second-order valence-corrected chi connectivity index (χ2v) is 7.34. The predicted octanol–water partition coefficient (Wildman–Crippen LogP) is 5.30. The smallest absolute Gasteiger partial charge is 0.134 e. The first-order valence-electron chi connectivity index (χ1n) is 4.70. The number of hydrogen-bond acceptors (Lipinski definition) is 5. The van der Waals surface area contributed by atoms with Crippen molar-refractivity contribution in [3.8, 4) is 9.75 Å². The Kier molecular flexibility index (Phi) is 1.96. The number of hydrogen-bond donors (Lipinski definition) is 0. The van der Waals surface area contributed by atoms with Crippen molar-refractivity contribution in [1.82, 2.24) is 4.98 Å². The fourth-order valence-electron chi connectivity index (χ4n) is 1.68. The van der Waals surface area contributed by atoms with E-state index in [2.05, 4.69) is 28.6 Å². The summed E-state index contributed by atoms with van der Waals surface area (Å²) >= 11 is 7.20. The molecule has 0 aliphatic heterocycles. The molecule has 5 heteroatoms. The molecule has 0 saturated heterocycles. The summed E-state index contributed by atoms with van der Waals surface area (Å²) in [7, 11) is 0. The number of fused-ring (bicyclic) bond motifs is 2. The standard InChI is InChI=1S/C11H5NS4/c1-2-13-7-3-8(15-6(1)7)9-4-10-11(16-9)12-5-14-10/h1-5H. The summed E-state index contributed by atoms with van der Waals surface area (Å²) in [4.78, 5) is 8.24. The van der Waals surface area contributed by atoms with Crippen LogP contribution < -0.4 is 0 Å². The van der Waals surface area contributed by atoms with Gasteiger partial charge < -0.3 is 0 Å². The number of nitrogens with zero attached hydrogens (tertiary/aromatic N) is 1. The Labute approximate surface area is 108 Å². The van der Waals surface area contributed by atoms with Crippen LogP contribution in [0.1, 0.15) is 0 Å². The lowest BCUT2D eigenvalue weighted by molar-refractivity contribution is 1.54. The van der Waals surface area contributed by atoms with Crippen molar-refractivity contribution >= 4 is 64.3 Å². The van der Waals surface area contributed by atoms with E-state index in [1.165, 1.54) is 23.9 Å². The fraction of sp³-hybridized carbons (Fsp3) is 0. The molecule has 4 aromatic heterocycles. The van der Waals surface area contributed by atoms with Gasteiger partial charge in [-0.25, -0.2) is 4.98 Å². The molecule has 78 valence electrons. The Morgan fingerprint density at radius 3 is 2.62 bits per heavy atom. The third kappa shape index (κ3) is 1.29. The minimum absolute atomic E-state index is 1.16. The maximum atomic E-state index is 4.35. The van der Waals surface area contributed by atoms with Gasteiger partial charge in [0.25, 0.3) is 0 Å². The summed E-state index contributed by atoms with van der Waals surface area (Å²) < 4.78 is 4.09. The Morgan fingerprint density at radius 1 is 0.875 bits per heavy atom. The molecule has 0 atom stereocenters. The number of thiazole rings is 1. The number of rotatable bonds is 1. The largest absolute Gasteiger partial charge is 0.234 e. The quantitative estimate of drug-likeness (QED) is 0.460. The Morgan fingerprint density at radius 2 is 1.75 bits per heavy atom. The van der Waals surface area contributed by atoms with Gasteiger partial charge in [-0.3, -0.25) is 0 Å². The predicted molar refractivity (Wildman–Crippen MR) is 76.2 cm³/mol. The first kappa shape index (κ1) is 9.30. The van der Waals surface area contributed by atoms with Gasteiger partial charge in [-0.15, -0.1) is 45.3 Å². The van der Waals surface area contributed by atoms with Crippen molar-refractivity contribution < 1.29 is 0 Å². The zero-order valence-electron chi connectivity index (χ0n) is 7.97. The number of thiophene rings is 3. The van der Waals surface area contributed by atoms with Crippen LogP contribution in [0.25, 0.3) is 28.7 Å². The van der Waals surface area contributed by atoms with Gasteiger partial charge in [-0.05, 0) is 23.6 Å². The van der Waals surface area contributed by atoms with Crippen molar-refractivity contribution in [1.29, 1.82) is 0 Å². The molecule has 0 saturated carbocycles. The Hall–Kier alpha value is -0.750. The van der Waals surface area contributed by atoms with Crippen molar-refractivity contribution in [2.45, 2.75) is 0 Å². The van der Waals surface area contributed by atoms with Gasteiger partial charge in [0.1, 0.15) is 4.83 Å². The minimum Gasteiger partial charge on any atom is -0.234 e. The molecule has 16 heavy (non-hydrogen) atoms. The minimum atomic E-state index is 1.16. The van der Waals surface area contributed by atoms with Crippen LogP contribution in [0.5, 0.6) is 0 Å². The monoisotopic (exact) mass is 279 g/mol. The number of aromatic nitrogens is 1. The van der Waals surface area contributed by atoms with Crippen molar-refractivity contribution in [2.75, 3.05) is 0 Å². The van der Waals surface area contributed by atoms with Crippen LogP contribution in [0.15, 0.2) is 29.1 Å². The molecule has 4 heterocycles. The molecule has 0 fully saturated rings. The third-order valence-electron chi connectivity index (χ3n) is 2.41. The van der Waals surface area contributed by atoms with Gasteiger partial charge >= 0.3 is 0 Å². The highest BCUT2D eigenvalue weighted by molar-refractivity contribution is 7.33. The molecule has 0 aliphatic rings. The Balaban J connectivity index is 1.96. The second-order valence-electron chi connectivity index (χ2n) is 3.39. The zero-order chi connectivity index (χ0) is 10.5. The summed E-state index contributed by atoms with van der Waals surface area (Å²) in [5.41, 5.74) is 1.91. The molecule has 0 radical (unpaired) electrons. The summed E-state index contributed by atoms with van der Waals surface area (Å²) in [6.07, 6.45) is 0. The second kappa shape index (κ2) is 3.37. The van der Waals surface area contributed by atoms with Gasteiger partial charge in [-0.1, -0.05) is 0 Å². The topological polar surface area (TPSA) is 12.9 Å². The lowest BCUT2D eigenvalue weighted by Gasteiger charge is -1.86. The average molecular weight is 279 g/mol. The molecular formula is C11H5NS4. The molecule has 0 N–H and O–H groups in total. The van der Waals surface area contributed by atoms with Crippen LogP contribution in [0.3, 0.4) is 0 Å². The highest BCUT2D eigenvalue weighted by atomic mass is 32.1. The zero-order valence-corrected chi connectivity index (χ0v) is 11.2. The summed E-state index contributed by atoms with van der Waals surface area (Å²) in [6.45, 7) is 0. The van der Waals surface area contributed by atoms with Gasteiger partial charge in [0.15, 0.2) is 0 Å². The molecule has 0 unspecified atom stereocenters. The molecule has 4 aromatic rings. The van der Waals surface area contributed by atoms with E-state index in [-0.39, 0.29) is 0 Å². The molecule has 0 amide bonds. The van der Waals surface area contributed by atoms with E-state index in [0.29, 0.717) is 0 Å². The SMILES string of the molecule is c1cc2sc(-c3cc4scnc4s3)cc2s1. The molecule has 0 spiro atoms. The molecule has 4 rings (SSSR count). The molecule has 0 aliphatic carbocycles. The molecule has 1 nitrogen and oxygen atoms in total. The van der Waals surface area contributed by atoms with Crippen LogP contribution in [-0.2, 0) is 0 Å². The van der Waals surface area contributed by atoms with E-state index in [9.17, 15) is 0 Å². The van der Waals surface area contributed by atoms with Crippen molar-refractivity contribution in [2.24, 2.45) is 0 Å². The first-order valence-corrected chi connectivity index (χ1v) is 8.10. The van der Waals surface area contributed by atoms with E-state index in [4.69, 9.17) is 0 Å². The van der Waals surface area contributed by atoms with Crippen molar-refractivity contribution in [3.05, 3.63) is 29.1 Å². The van der Waals surface area contributed by atoms with Crippen LogP contribution >= 0.6 is 45.3 Å². The third-order valence-corrected chi connectivity index (χ3v) is 6.65.